The Kier molecular flexibility index (Phi) is 7.92. The van der Waals surface area contributed by atoms with Gasteiger partial charge in [0.25, 0.3) is 0 Å². The molecule has 2 N–H and O–H groups in total. The highest BCUT2D eigenvalue weighted by Crippen LogP contribution is 2.26. The van der Waals surface area contributed by atoms with Gasteiger partial charge in [-0.05, 0) is 38.1 Å². The van der Waals surface area contributed by atoms with Crippen molar-refractivity contribution < 1.29 is 13.9 Å². The van der Waals surface area contributed by atoms with E-state index in [1.165, 1.54) is 5.56 Å². The fourth-order valence-electron chi connectivity index (χ4n) is 3.00. The average molecular weight is 423 g/mol. The summed E-state index contributed by atoms with van der Waals surface area (Å²) in [4.78, 5) is 8.83. The van der Waals surface area contributed by atoms with Crippen molar-refractivity contribution in [1.82, 2.24) is 15.6 Å². The molecule has 3 aromatic rings. The number of rotatable bonds is 9. The van der Waals surface area contributed by atoms with Gasteiger partial charge in [0.1, 0.15) is 12.4 Å². The second-order valence-electron chi connectivity index (χ2n) is 7.22. The maximum atomic E-state index is 5.96. The van der Waals surface area contributed by atoms with Crippen molar-refractivity contribution in [1.29, 1.82) is 0 Å². The van der Waals surface area contributed by atoms with Crippen molar-refractivity contribution in [2.75, 3.05) is 27.2 Å². The van der Waals surface area contributed by atoms with E-state index < -0.39 is 0 Å². The molecule has 0 fully saturated rings. The van der Waals surface area contributed by atoms with Crippen molar-refractivity contribution in [2.45, 2.75) is 26.4 Å². The zero-order chi connectivity index (χ0) is 22.1. The fourth-order valence-corrected chi connectivity index (χ4v) is 3.00. The lowest BCUT2D eigenvalue weighted by Crippen LogP contribution is -2.42. The van der Waals surface area contributed by atoms with Gasteiger partial charge >= 0.3 is 0 Å². The summed E-state index contributed by atoms with van der Waals surface area (Å²) in [6.45, 7) is 5.33. The molecule has 0 saturated heterocycles. The lowest BCUT2D eigenvalue weighted by atomic mass is 10.1. The molecular formula is C24H30N4O3. The molecule has 1 unspecified atom stereocenters. The molecule has 1 aromatic heterocycles. The van der Waals surface area contributed by atoms with Crippen molar-refractivity contribution in [3.63, 3.8) is 0 Å². The third-order valence-corrected chi connectivity index (χ3v) is 4.70. The Hall–Kier alpha value is -3.48. The van der Waals surface area contributed by atoms with Crippen LogP contribution in [0.15, 0.2) is 64.2 Å². The highest BCUT2D eigenvalue weighted by molar-refractivity contribution is 5.79. The summed E-state index contributed by atoms with van der Waals surface area (Å²) in [6, 6.07) is 15.7. The van der Waals surface area contributed by atoms with E-state index in [1.807, 2.05) is 43.3 Å². The lowest BCUT2D eigenvalue weighted by Gasteiger charge is -2.19. The van der Waals surface area contributed by atoms with Crippen molar-refractivity contribution >= 4 is 5.96 Å². The SMILES string of the molecule is CN=C(NCCc1coc(-c2ccc(C)cc2)n1)NCC(C)Oc1ccccc1OC. The van der Waals surface area contributed by atoms with Crippen LogP contribution in [0.2, 0.25) is 0 Å². The molecule has 0 aliphatic heterocycles. The Morgan fingerprint density at radius 2 is 1.84 bits per heavy atom. The van der Waals surface area contributed by atoms with Crippen molar-refractivity contribution in [3.8, 4) is 23.0 Å². The Balaban J connectivity index is 1.43. The summed E-state index contributed by atoms with van der Waals surface area (Å²) in [5.74, 6) is 2.78. The van der Waals surface area contributed by atoms with Gasteiger partial charge in [0.2, 0.25) is 5.89 Å². The van der Waals surface area contributed by atoms with Gasteiger partial charge in [-0.2, -0.15) is 0 Å². The van der Waals surface area contributed by atoms with E-state index in [2.05, 4.69) is 39.7 Å². The Bertz CT molecular complexity index is 982. The van der Waals surface area contributed by atoms with Crippen LogP contribution in [0.5, 0.6) is 11.5 Å². The Labute approximate surface area is 183 Å². The molecule has 7 heteroatoms. The van der Waals surface area contributed by atoms with Crippen LogP contribution in [0.1, 0.15) is 18.2 Å². The fraction of sp³-hybridized carbons (Fsp3) is 0.333. The molecule has 164 valence electrons. The van der Waals surface area contributed by atoms with Crippen LogP contribution in [0.4, 0.5) is 0 Å². The molecule has 0 aliphatic carbocycles. The number of aromatic nitrogens is 1. The molecule has 2 aromatic carbocycles. The average Bonchev–Trinajstić information content (AvgIpc) is 3.26. The lowest BCUT2D eigenvalue weighted by molar-refractivity contribution is 0.213. The number of aliphatic imine (C=N–C) groups is 1. The van der Waals surface area contributed by atoms with Crippen molar-refractivity contribution in [2.24, 2.45) is 4.99 Å². The highest BCUT2D eigenvalue weighted by atomic mass is 16.5. The molecule has 0 aliphatic rings. The summed E-state index contributed by atoms with van der Waals surface area (Å²) < 4.78 is 16.9. The predicted molar refractivity (Wildman–Crippen MR) is 123 cm³/mol. The minimum absolute atomic E-state index is 0.0672. The summed E-state index contributed by atoms with van der Waals surface area (Å²) in [6.07, 6.45) is 2.36. The molecule has 3 rings (SSSR count). The topological polar surface area (TPSA) is 80.9 Å². The van der Waals surface area contributed by atoms with Crippen LogP contribution < -0.4 is 20.1 Å². The molecular weight excluding hydrogens is 392 g/mol. The molecule has 0 spiro atoms. The van der Waals surface area contributed by atoms with E-state index in [0.29, 0.717) is 24.9 Å². The van der Waals surface area contributed by atoms with Gasteiger partial charge in [-0.1, -0.05) is 29.8 Å². The smallest absolute Gasteiger partial charge is 0.226 e. The van der Waals surface area contributed by atoms with E-state index in [4.69, 9.17) is 13.9 Å². The molecule has 0 saturated carbocycles. The molecule has 1 heterocycles. The zero-order valence-corrected chi connectivity index (χ0v) is 18.5. The summed E-state index contributed by atoms with van der Waals surface area (Å²) >= 11 is 0. The third-order valence-electron chi connectivity index (χ3n) is 4.70. The first-order chi connectivity index (χ1) is 15.1. The van der Waals surface area contributed by atoms with Crippen LogP contribution in [-0.4, -0.2) is 44.3 Å². The van der Waals surface area contributed by atoms with Gasteiger partial charge < -0.3 is 24.5 Å². The van der Waals surface area contributed by atoms with Crippen LogP contribution in [0, 0.1) is 6.92 Å². The third kappa shape index (κ3) is 6.50. The predicted octanol–water partition coefficient (Wildman–Crippen LogP) is 3.83. The van der Waals surface area contributed by atoms with Crippen LogP contribution in [-0.2, 0) is 6.42 Å². The highest BCUT2D eigenvalue weighted by Gasteiger charge is 2.10. The van der Waals surface area contributed by atoms with E-state index in [1.54, 1.807) is 20.4 Å². The number of nitrogens with zero attached hydrogens (tertiary/aromatic N) is 2. The quantitative estimate of drug-likeness (QED) is 0.403. The summed E-state index contributed by atoms with van der Waals surface area (Å²) in [7, 11) is 3.38. The molecule has 0 amide bonds. The van der Waals surface area contributed by atoms with Gasteiger partial charge in [-0.15, -0.1) is 0 Å². The maximum Gasteiger partial charge on any atom is 0.226 e. The van der Waals surface area contributed by atoms with Gasteiger partial charge in [-0.3, -0.25) is 4.99 Å². The van der Waals surface area contributed by atoms with E-state index >= 15 is 0 Å². The summed E-state index contributed by atoms with van der Waals surface area (Å²) in [5.41, 5.74) is 3.08. The number of aryl methyl sites for hydroxylation is 1. The van der Waals surface area contributed by atoms with Crippen LogP contribution in [0.3, 0.4) is 0 Å². The monoisotopic (exact) mass is 422 g/mol. The molecule has 0 bridgehead atoms. The van der Waals surface area contributed by atoms with Crippen molar-refractivity contribution in [3.05, 3.63) is 66.1 Å². The zero-order valence-electron chi connectivity index (χ0n) is 18.5. The number of ether oxygens (including phenoxy) is 2. The number of hydrogen-bond acceptors (Lipinski definition) is 5. The molecule has 7 nitrogen and oxygen atoms in total. The number of nitrogens with one attached hydrogen (secondary N) is 2. The van der Waals surface area contributed by atoms with E-state index in [0.717, 1.165) is 29.2 Å². The Morgan fingerprint density at radius 1 is 1.10 bits per heavy atom. The Morgan fingerprint density at radius 3 is 2.55 bits per heavy atom. The van der Waals surface area contributed by atoms with Gasteiger partial charge in [0.15, 0.2) is 17.5 Å². The maximum absolute atomic E-state index is 5.96. The van der Waals surface area contributed by atoms with E-state index in [9.17, 15) is 0 Å². The number of hydrogen-bond donors (Lipinski definition) is 2. The number of guanidine groups is 1. The first-order valence-electron chi connectivity index (χ1n) is 10.3. The molecule has 1 atom stereocenters. The van der Waals surface area contributed by atoms with Crippen LogP contribution >= 0.6 is 0 Å². The largest absolute Gasteiger partial charge is 0.493 e. The summed E-state index contributed by atoms with van der Waals surface area (Å²) in [5, 5.41) is 6.57. The molecule has 31 heavy (non-hydrogen) atoms. The minimum Gasteiger partial charge on any atom is -0.493 e. The standard InChI is InChI=1S/C24H30N4O3/c1-17-9-11-19(12-10-17)23-28-20(16-30-23)13-14-26-24(25-3)27-15-18(2)31-22-8-6-5-7-21(22)29-4/h5-12,16,18H,13-15H2,1-4H3,(H2,25,26,27). The first-order valence-corrected chi connectivity index (χ1v) is 10.3. The van der Waals surface area contributed by atoms with E-state index in [-0.39, 0.29) is 6.10 Å². The minimum atomic E-state index is -0.0672. The second-order valence-corrected chi connectivity index (χ2v) is 7.22. The first kappa shape index (κ1) is 22.2. The van der Waals surface area contributed by atoms with Gasteiger partial charge in [0, 0.05) is 25.6 Å². The number of methoxy groups -OCH3 is 1. The number of para-hydroxylation sites is 2. The van der Waals surface area contributed by atoms with Gasteiger partial charge in [-0.25, -0.2) is 4.98 Å². The van der Waals surface area contributed by atoms with Crippen LogP contribution in [0.25, 0.3) is 11.5 Å². The molecule has 0 radical (unpaired) electrons. The number of oxazole rings is 1. The van der Waals surface area contributed by atoms with Gasteiger partial charge in [0.05, 0.1) is 19.3 Å². The number of benzene rings is 2. The second kappa shape index (κ2) is 11.1. The normalized spacial score (nSPS) is 12.3.